The maximum absolute atomic E-state index is 13.3. The molecule has 6 nitrogen and oxygen atoms in total. The van der Waals surface area contributed by atoms with Crippen molar-refractivity contribution in [2.45, 2.75) is 25.0 Å². The number of halogens is 1. The first-order chi connectivity index (χ1) is 11.4. The Morgan fingerprint density at radius 2 is 2.25 bits per heavy atom. The van der Waals surface area contributed by atoms with Crippen molar-refractivity contribution in [3.63, 3.8) is 0 Å². The molecule has 1 aromatic heterocycles. The van der Waals surface area contributed by atoms with Gasteiger partial charge in [0.05, 0.1) is 6.54 Å². The van der Waals surface area contributed by atoms with Gasteiger partial charge < -0.3 is 14.7 Å². The summed E-state index contributed by atoms with van der Waals surface area (Å²) in [4.78, 5) is 14.2. The molecule has 0 spiro atoms. The predicted molar refractivity (Wildman–Crippen MR) is 85.2 cm³/mol. The molecule has 1 N–H and O–H groups in total. The fourth-order valence-corrected chi connectivity index (χ4v) is 2.81. The summed E-state index contributed by atoms with van der Waals surface area (Å²) in [7, 11) is 1.70. The van der Waals surface area contributed by atoms with E-state index < -0.39 is 17.5 Å². The van der Waals surface area contributed by atoms with E-state index in [1.807, 2.05) is 0 Å². The van der Waals surface area contributed by atoms with E-state index in [2.05, 4.69) is 5.10 Å². The molecule has 0 bridgehead atoms. The van der Waals surface area contributed by atoms with E-state index >= 15 is 0 Å². The van der Waals surface area contributed by atoms with Gasteiger partial charge in [-0.3, -0.25) is 9.48 Å². The van der Waals surface area contributed by atoms with E-state index in [4.69, 9.17) is 4.74 Å². The third-order valence-corrected chi connectivity index (χ3v) is 4.37. The summed E-state index contributed by atoms with van der Waals surface area (Å²) < 4.78 is 20.6. The lowest BCUT2D eigenvalue weighted by Gasteiger charge is -2.42. The summed E-state index contributed by atoms with van der Waals surface area (Å²) >= 11 is 0. The van der Waals surface area contributed by atoms with Crippen LogP contribution >= 0.6 is 0 Å². The Hall–Kier alpha value is -2.41. The number of aliphatic hydroxyl groups is 1. The molecule has 2 heterocycles. The fourth-order valence-electron chi connectivity index (χ4n) is 2.81. The van der Waals surface area contributed by atoms with Crippen molar-refractivity contribution in [2.75, 3.05) is 13.1 Å². The van der Waals surface area contributed by atoms with Gasteiger partial charge in [-0.2, -0.15) is 5.10 Å². The molecule has 2 atom stereocenters. The summed E-state index contributed by atoms with van der Waals surface area (Å²) in [5.41, 5.74) is -0.628. The first-order valence-corrected chi connectivity index (χ1v) is 7.79. The Labute approximate surface area is 139 Å². The van der Waals surface area contributed by atoms with Gasteiger partial charge in [0.1, 0.15) is 29.0 Å². The largest absolute Gasteiger partial charge is 0.485 e. The number of aromatic nitrogens is 2. The van der Waals surface area contributed by atoms with Crippen LogP contribution in [0, 0.1) is 5.82 Å². The van der Waals surface area contributed by atoms with Gasteiger partial charge in [0.15, 0.2) is 0 Å². The minimum atomic E-state index is -1.10. The third kappa shape index (κ3) is 3.26. The molecule has 1 aliphatic rings. The van der Waals surface area contributed by atoms with Crippen molar-refractivity contribution < 1.29 is 19.0 Å². The fraction of sp³-hybridized carbons (Fsp3) is 0.412. The van der Waals surface area contributed by atoms with Crippen LogP contribution in [0.15, 0.2) is 36.5 Å². The van der Waals surface area contributed by atoms with Crippen molar-refractivity contribution in [1.82, 2.24) is 14.7 Å². The van der Waals surface area contributed by atoms with E-state index in [1.54, 1.807) is 43.3 Å². The Kier molecular flexibility index (Phi) is 4.28. The number of nitrogens with zero attached hydrogens (tertiary/aromatic N) is 3. The zero-order valence-electron chi connectivity index (χ0n) is 13.6. The molecule has 24 heavy (non-hydrogen) atoms. The molecule has 0 unspecified atom stereocenters. The van der Waals surface area contributed by atoms with Crippen LogP contribution in [0.25, 0.3) is 0 Å². The van der Waals surface area contributed by atoms with Crippen LogP contribution in [-0.4, -0.2) is 50.5 Å². The molecule has 1 saturated heterocycles. The predicted octanol–water partition coefficient (Wildman–Crippen LogP) is 1.60. The maximum Gasteiger partial charge on any atom is 0.272 e. The number of ether oxygens (including phenoxy) is 1. The molecule has 128 valence electrons. The van der Waals surface area contributed by atoms with Gasteiger partial charge in [-0.1, -0.05) is 6.07 Å². The number of amides is 1. The standard InChI is InChI=1S/C17H20FN3O3/c1-17(23)7-9-21(16(22)14-6-8-19-20(14)2)11-15(17)24-13-5-3-4-12(18)10-13/h3-6,8,10,15,23H,7,9,11H2,1-2H3/t15-,17-/m1/s1. The van der Waals surface area contributed by atoms with Crippen LogP contribution in [0.5, 0.6) is 5.75 Å². The van der Waals surface area contributed by atoms with Crippen LogP contribution in [0.4, 0.5) is 4.39 Å². The summed E-state index contributed by atoms with van der Waals surface area (Å²) in [6.45, 7) is 2.30. The van der Waals surface area contributed by atoms with Crippen LogP contribution in [-0.2, 0) is 7.05 Å². The topological polar surface area (TPSA) is 67.6 Å². The van der Waals surface area contributed by atoms with E-state index in [0.29, 0.717) is 24.4 Å². The number of rotatable bonds is 3. The molecule has 3 rings (SSSR count). The Bertz CT molecular complexity index is 744. The van der Waals surface area contributed by atoms with Gasteiger partial charge in [-0.25, -0.2) is 4.39 Å². The second-order valence-corrected chi connectivity index (χ2v) is 6.26. The average molecular weight is 333 g/mol. The van der Waals surface area contributed by atoms with Gasteiger partial charge in [-0.15, -0.1) is 0 Å². The lowest BCUT2D eigenvalue weighted by molar-refractivity contribution is -0.0883. The van der Waals surface area contributed by atoms with Gasteiger partial charge in [-0.05, 0) is 31.5 Å². The molecule has 7 heteroatoms. The highest BCUT2D eigenvalue weighted by atomic mass is 19.1. The lowest BCUT2D eigenvalue weighted by Crippen LogP contribution is -2.57. The SMILES string of the molecule is Cn1nccc1C(=O)N1CC[C@@](C)(O)[C@H](Oc2cccc(F)c2)C1. The number of carbonyl (C=O) groups excluding carboxylic acids is 1. The van der Waals surface area contributed by atoms with Gasteiger partial charge >= 0.3 is 0 Å². The van der Waals surface area contributed by atoms with Crippen LogP contribution in [0.2, 0.25) is 0 Å². The summed E-state index contributed by atoms with van der Waals surface area (Å²) in [5, 5.41) is 14.6. The molecule has 0 saturated carbocycles. The maximum atomic E-state index is 13.3. The Balaban J connectivity index is 1.77. The van der Waals surface area contributed by atoms with E-state index in [0.717, 1.165) is 0 Å². The number of carbonyl (C=O) groups is 1. The number of piperidine rings is 1. The highest BCUT2D eigenvalue weighted by molar-refractivity contribution is 5.92. The molecular weight excluding hydrogens is 313 g/mol. The lowest BCUT2D eigenvalue weighted by atomic mass is 9.90. The number of aryl methyl sites for hydroxylation is 1. The van der Waals surface area contributed by atoms with Crippen LogP contribution in [0.3, 0.4) is 0 Å². The van der Waals surface area contributed by atoms with Crippen molar-refractivity contribution in [3.05, 3.63) is 48.0 Å². The minimum Gasteiger partial charge on any atom is -0.485 e. The normalized spacial score (nSPS) is 24.0. The molecule has 1 amide bonds. The minimum absolute atomic E-state index is 0.168. The van der Waals surface area contributed by atoms with Crippen molar-refractivity contribution in [2.24, 2.45) is 7.05 Å². The number of benzene rings is 1. The number of likely N-dealkylation sites (tertiary alicyclic amines) is 1. The second kappa shape index (κ2) is 6.24. The number of hydrogen-bond acceptors (Lipinski definition) is 4. The van der Waals surface area contributed by atoms with Crippen molar-refractivity contribution >= 4 is 5.91 Å². The Morgan fingerprint density at radius 1 is 1.46 bits per heavy atom. The summed E-state index contributed by atoms with van der Waals surface area (Å²) in [6, 6.07) is 7.40. The Morgan fingerprint density at radius 3 is 2.92 bits per heavy atom. The van der Waals surface area contributed by atoms with E-state index in [1.165, 1.54) is 16.8 Å². The van der Waals surface area contributed by atoms with E-state index in [-0.39, 0.29) is 12.5 Å². The third-order valence-electron chi connectivity index (χ3n) is 4.37. The first-order valence-electron chi connectivity index (χ1n) is 7.79. The monoisotopic (exact) mass is 333 g/mol. The highest BCUT2D eigenvalue weighted by Gasteiger charge is 2.41. The molecule has 2 aromatic rings. The average Bonchev–Trinajstić information content (AvgIpc) is 2.95. The van der Waals surface area contributed by atoms with Gasteiger partial charge in [0, 0.05) is 25.9 Å². The van der Waals surface area contributed by atoms with E-state index in [9.17, 15) is 14.3 Å². The first kappa shape index (κ1) is 16.4. The molecule has 1 aromatic carbocycles. The zero-order valence-corrected chi connectivity index (χ0v) is 13.6. The van der Waals surface area contributed by atoms with Crippen molar-refractivity contribution in [3.8, 4) is 5.75 Å². The smallest absolute Gasteiger partial charge is 0.272 e. The van der Waals surface area contributed by atoms with Crippen LogP contribution < -0.4 is 4.74 Å². The zero-order chi connectivity index (χ0) is 17.3. The highest BCUT2D eigenvalue weighted by Crippen LogP contribution is 2.27. The molecule has 0 aliphatic carbocycles. The summed E-state index contributed by atoms with van der Waals surface area (Å²) in [6.07, 6.45) is 1.29. The summed E-state index contributed by atoms with van der Waals surface area (Å²) in [5.74, 6) is -0.251. The molecule has 1 aliphatic heterocycles. The van der Waals surface area contributed by atoms with Gasteiger partial charge in [0.25, 0.3) is 5.91 Å². The molecule has 0 radical (unpaired) electrons. The van der Waals surface area contributed by atoms with Gasteiger partial charge in [0.2, 0.25) is 0 Å². The quantitative estimate of drug-likeness (QED) is 0.926. The van der Waals surface area contributed by atoms with Crippen molar-refractivity contribution in [1.29, 1.82) is 0 Å². The van der Waals surface area contributed by atoms with Crippen LogP contribution in [0.1, 0.15) is 23.8 Å². The second-order valence-electron chi connectivity index (χ2n) is 6.26. The molecule has 1 fully saturated rings. The molecular formula is C17H20FN3O3. The number of hydrogen-bond donors (Lipinski definition) is 1.